The maximum atomic E-state index is 13.6. The van der Waals surface area contributed by atoms with Gasteiger partial charge in [-0.05, 0) is 77.6 Å². The minimum atomic E-state index is -0.789. The number of nitrogens with one attached hydrogen (secondary N) is 1. The molecule has 0 spiro atoms. The largest absolute Gasteiger partial charge is 0.443 e. The van der Waals surface area contributed by atoms with Crippen molar-refractivity contribution in [3.05, 3.63) is 78.5 Å². The first-order valence-electron chi connectivity index (χ1n) is 15.5. The van der Waals surface area contributed by atoms with Crippen molar-refractivity contribution in [3.63, 3.8) is 0 Å². The predicted molar refractivity (Wildman–Crippen MR) is 177 cm³/mol. The van der Waals surface area contributed by atoms with Crippen molar-refractivity contribution in [1.29, 1.82) is 0 Å². The molecular formula is C35H37N7O5. The van der Waals surface area contributed by atoms with Crippen LogP contribution in [0.2, 0.25) is 0 Å². The third-order valence-corrected chi connectivity index (χ3v) is 7.54. The Kier molecular flexibility index (Phi) is 8.12. The Hall–Kier alpha value is -5.39. The monoisotopic (exact) mass is 635 g/mol. The number of benzene rings is 1. The molecule has 1 fully saturated rings. The summed E-state index contributed by atoms with van der Waals surface area (Å²) in [6, 6.07) is 14.4. The average molecular weight is 636 g/mol. The second kappa shape index (κ2) is 12.1. The lowest BCUT2D eigenvalue weighted by molar-refractivity contribution is -0.00557. The number of fused-ring (bicyclic) bond motifs is 2. The zero-order valence-corrected chi connectivity index (χ0v) is 27.3. The van der Waals surface area contributed by atoms with E-state index in [-0.39, 0.29) is 11.6 Å². The van der Waals surface area contributed by atoms with Crippen LogP contribution in [0.25, 0.3) is 33.2 Å². The number of anilines is 1. The van der Waals surface area contributed by atoms with E-state index in [1.165, 1.54) is 0 Å². The van der Waals surface area contributed by atoms with Crippen LogP contribution in [0.3, 0.4) is 0 Å². The Bertz CT molecular complexity index is 1960. The lowest BCUT2D eigenvalue weighted by atomic mass is 10.0. The Balaban J connectivity index is 1.22. The van der Waals surface area contributed by atoms with Gasteiger partial charge < -0.3 is 19.4 Å². The van der Waals surface area contributed by atoms with Crippen molar-refractivity contribution >= 4 is 45.7 Å². The van der Waals surface area contributed by atoms with Crippen molar-refractivity contribution in [2.45, 2.75) is 65.2 Å². The molecule has 2 amide bonds. The highest BCUT2D eigenvalue weighted by atomic mass is 16.6. The molecule has 0 bridgehead atoms. The van der Waals surface area contributed by atoms with E-state index in [2.05, 4.69) is 19.9 Å². The molecule has 0 aliphatic carbocycles. The van der Waals surface area contributed by atoms with Crippen molar-refractivity contribution in [3.8, 4) is 11.3 Å². The molecule has 0 radical (unpaired) electrons. The molecule has 5 heterocycles. The average Bonchev–Trinajstić information content (AvgIpc) is 3.66. The Labute approximate surface area is 272 Å². The van der Waals surface area contributed by atoms with Gasteiger partial charge in [-0.1, -0.05) is 24.3 Å². The van der Waals surface area contributed by atoms with Gasteiger partial charge in [0, 0.05) is 48.2 Å². The lowest BCUT2D eigenvalue weighted by Gasteiger charge is -2.31. The third-order valence-electron chi connectivity index (χ3n) is 7.54. The van der Waals surface area contributed by atoms with E-state index in [1.807, 2.05) is 35.2 Å². The second-order valence-electron chi connectivity index (χ2n) is 13.5. The van der Waals surface area contributed by atoms with Crippen LogP contribution in [-0.2, 0) is 9.47 Å². The van der Waals surface area contributed by atoms with Crippen LogP contribution in [0.15, 0.2) is 67.1 Å². The number of hydrogen-bond acceptors (Lipinski definition) is 10. The van der Waals surface area contributed by atoms with E-state index in [9.17, 15) is 14.4 Å². The number of nitrogens with zero attached hydrogens (tertiary/aromatic N) is 6. The topological polar surface area (TPSA) is 144 Å². The van der Waals surface area contributed by atoms with Gasteiger partial charge in [0.05, 0.1) is 11.7 Å². The van der Waals surface area contributed by atoms with Gasteiger partial charge in [0.15, 0.2) is 11.5 Å². The summed E-state index contributed by atoms with van der Waals surface area (Å²) in [5.74, 6) is 0.469. The molecule has 1 saturated heterocycles. The molecule has 242 valence electrons. The number of rotatable bonds is 5. The maximum Gasteiger partial charge on any atom is 0.420 e. The SMILES string of the molecule is CC(C)(C)OC(=O)N(C(=O)OC(C)(C)C)C1CCN(c2ccc3nc(C(=O)c4ccnc(-c5cncc6ccccc56)c4)[nH]c3n2)C1. The molecule has 47 heavy (non-hydrogen) atoms. The lowest BCUT2D eigenvalue weighted by Crippen LogP contribution is -2.50. The number of imide groups is 1. The van der Waals surface area contributed by atoms with Crippen LogP contribution in [0, 0.1) is 0 Å². The molecule has 6 rings (SSSR count). The fourth-order valence-corrected chi connectivity index (χ4v) is 5.50. The van der Waals surface area contributed by atoms with E-state index < -0.39 is 29.4 Å². The second-order valence-corrected chi connectivity index (χ2v) is 13.5. The van der Waals surface area contributed by atoms with Crippen molar-refractivity contribution in [2.24, 2.45) is 0 Å². The number of hydrogen-bond donors (Lipinski definition) is 1. The number of aromatic amines is 1. The van der Waals surface area contributed by atoms with Crippen molar-refractivity contribution in [2.75, 3.05) is 18.0 Å². The zero-order chi connectivity index (χ0) is 33.5. The number of carbonyl (C=O) groups is 3. The first kappa shape index (κ1) is 31.6. The molecule has 1 atom stereocenters. The summed E-state index contributed by atoms with van der Waals surface area (Å²) in [5.41, 5.74) is 1.28. The molecule has 12 nitrogen and oxygen atoms in total. The third kappa shape index (κ3) is 6.91. The van der Waals surface area contributed by atoms with Crippen LogP contribution in [-0.4, -0.2) is 78.1 Å². The molecule has 1 N–H and O–H groups in total. The molecule has 12 heteroatoms. The van der Waals surface area contributed by atoms with Gasteiger partial charge in [-0.3, -0.25) is 14.8 Å². The van der Waals surface area contributed by atoms with Gasteiger partial charge in [-0.25, -0.2) is 24.5 Å². The minimum Gasteiger partial charge on any atom is -0.443 e. The van der Waals surface area contributed by atoms with Crippen LogP contribution >= 0.6 is 0 Å². The molecule has 1 aliphatic rings. The highest BCUT2D eigenvalue weighted by Crippen LogP contribution is 2.29. The van der Waals surface area contributed by atoms with Crippen LogP contribution in [0.4, 0.5) is 15.4 Å². The fourth-order valence-electron chi connectivity index (χ4n) is 5.50. The summed E-state index contributed by atoms with van der Waals surface area (Å²) in [6.45, 7) is 11.4. The van der Waals surface area contributed by atoms with Gasteiger partial charge in [0.1, 0.15) is 22.5 Å². The zero-order valence-electron chi connectivity index (χ0n) is 27.3. The number of amides is 2. The smallest absolute Gasteiger partial charge is 0.420 e. The quantitative estimate of drug-likeness (QED) is 0.211. The van der Waals surface area contributed by atoms with Crippen LogP contribution in [0.5, 0.6) is 0 Å². The normalized spacial score (nSPS) is 15.2. The molecule has 4 aromatic heterocycles. The Morgan fingerprint density at radius 2 is 1.64 bits per heavy atom. The summed E-state index contributed by atoms with van der Waals surface area (Å²) in [7, 11) is 0. The number of ether oxygens (including phenoxy) is 2. The first-order valence-corrected chi connectivity index (χ1v) is 15.5. The van der Waals surface area contributed by atoms with Crippen molar-refractivity contribution in [1.82, 2.24) is 29.8 Å². The maximum absolute atomic E-state index is 13.6. The van der Waals surface area contributed by atoms with Crippen molar-refractivity contribution < 1.29 is 23.9 Å². The highest BCUT2D eigenvalue weighted by molar-refractivity contribution is 6.08. The number of H-pyrrole nitrogens is 1. The standard InChI is InChI=1S/C35H37N7O5/c1-34(2,3)46-32(44)42(33(45)47-35(4,5)6)23-14-16-41(20-23)28-12-11-26-30(39-28)40-31(38-26)29(43)21-13-15-37-27(17-21)25-19-36-18-22-9-7-8-10-24(22)25/h7-13,15,17-19,23H,14,16,20H2,1-6H3,(H,38,39,40). The molecule has 1 unspecified atom stereocenters. The molecule has 1 aromatic carbocycles. The predicted octanol–water partition coefficient (Wildman–Crippen LogP) is 6.55. The molecule has 5 aromatic rings. The molecule has 0 saturated carbocycles. The number of carbonyl (C=O) groups excluding carboxylic acids is 3. The first-order chi connectivity index (χ1) is 22.3. The highest BCUT2D eigenvalue weighted by Gasteiger charge is 2.40. The Morgan fingerprint density at radius 1 is 0.915 bits per heavy atom. The van der Waals surface area contributed by atoms with E-state index in [1.54, 1.807) is 78.3 Å². The number of ketones is 1. The minimum absolute atomic E-state index is 0.151. The van der Waals surface area contributed by atoms with Crippen LogP contribution in [0.1, 0.15) is 64.1 Å². The van der Waals surface area contributed by atoms with E-state index in [0.717, 1.165) is 21.2 Å². The van der Waals surface area contributed by atoms with Gasteiger partial charge >= 0.3 is 12.2 Å². The van der Waals surface area contributed by atoms with Gasteiger partial charge in [-0.2, -0.15) is 0 Å². The van der Waals surface area contributed by atoms with Gasteiger partial charge in [0.2, 0.25) is 5.78 Å². The Morgan fingerprint density at radius 3 is 2.36 bits per heavy atom. The van der Waals surface area contributed by atoms with Crippen LogP contribution < -0.4 is 4.90 Å². The van der Waals surface area contributed by atoms with Gasteiger partial charge in [-0.15, -0.1) is 0 Å². The van der Waals surface area contributed by atoms with E-state index in [4.69, 9.17) is 14.5 Å². The van der Waals surface area contributed by atoms with Gasteiger partial charge in [0.25, 0.3) is 0 Å². The summed E-state index contributed by atoms with van der Waals surface area (Å²) >= 11 is 0. The summed E-state index contributed by atoms with van der Waals surface area (Å²) in [4.78, 5) is 64.1. The summed E-state index contributed by atoms with van der Waals surface area (Å²) in [5, 5.41) is 1.97. The number of pyridine rings is 3. The summed E-state index contributed by atoms with van der Waals surface area (Å²) < 4.78 is 11.1. The fraction of sp³-hybridized carbons (Fsp3) is 0.343. The number of imidazole rings is 1. The number of aromatic nitrogens is 5. The molecule has 1 aliphatic heterocycles. The van der Waals surface area contributed by atoms with E-state index >= 15 is 0 Å². The molecular weight excluding hydrogens is 598 g/mol. The summed E-state index contributed by atoms with van der Waals surface area (Å²) in [6.07, 6.45) is 4.13. The van der Waals surface area contributed by atoms with E-state index in [0.29, 0.717) is 47.7 Å².